The van der Waals surface area contributed by atoms with E-state index in [1.165, 1.54) is 22.9 Å². The van der Waals surface area contributed by atoms with Crippen molar-refractivity contribution in [2.45, 2.75) is 23.8 Å². The van der Waals surface area contributed by atoms with Crippen molar-refractivity contribution in [1.29, 1.82) is 0 Å². The van der Waals surface area contributed by atoms with Crippen LogP contribution >= 0.6 is 0 Å². The van der Waals surface area contributed by atoms with Gasteiger partial charge in [-0.2, -0.15) is 0 Å². The molecule has 98 valence electrons. The Morgan fingerprint density at radius 1 is 0.895 bits per heavy atom. The van der Waals surface area contributed by atoms with E-state index >= 15 is 0 Å². The van der Waals surface area contributed by atoms with Gasteiger partial charge in [-0.25, -0.2) is 0 Å². The first kappa shape index (κ1) is 12.9. The Labute approximate surface area is 121 Å². The standard InChI is InChI=1S/C17H18OSe/c1-3-8-14(9-4-1)17-16(12-7-13-18-17)19-15-10-5-2-6-11-15/h1-6,8-11,16-17H,7,12-13H2/t16-,17+/m1/s1. The molecule has 0 bridgehead atoms. The molecule has 1 nitrogen and oxygen atoms in total. The third-order valence-electron chi connectivity index (χ3n) is 3.43. The summed E-state index contributed by atoms with van der Waals surface area (Å²) < 4.78 is 7.54. The van der Waals surface area contributed by atoms with Crippen LogP contribution in [0.4, 0.5) is 0 Å². The molecule has 1 aliphatic rings. The summed E-state index contributed by atoms with van der Waals surface area (Å²) in [5, 5.41) is 0. The summed E-state index contributed by atoms with van der Waals surface area (Å²) in [6.45, 7) is 0.904. The number of hydrogen-bond acceptors (Lipinski definition) is 1. The maximum atomic E-state index is 6.06. The van der Waals surface area contributed by atoms with E-state index < -0.39 is 0 Å². The van der Waals surface area contributed by atoms with E-state index in [9.17, 15) is 0 Å². The van der Waals surface area contributed by atoms with E-state index in [-0.39, 0.29) is 6.10 Å². The van der Waals surface area contributed by atoms with Crippen LogP contribution in [0.15, 0.2) is 60.7 Å². The zero-order valence-electron chi connectivity index (χ0n) is 10.9. The maximum absolute atomic E-state index is 6.06. The van der Waals surface area contributed by atoms with E-state index in [4.69, 9.17) is 4.74 Å². The van der Waals surface area contributed by atoms with Crippen LogP contribution in [0.25, 0.3) is 0 Å². The third-order valence-corrected chi connectivity index (χ3v) is 6.22. The minimum atomic E-state index is 0.287. The topological polar surface area (TPSA) is 9.23 Å². The van der Waals surface area contributed by atoms with E-state index in [1.807, 2.05) is 0 Å². The van der Waals surface area contributed by atoms with Crippen LogP contribution in [0.3, 0.4) is 0 Å². The fourth-order valence-corrected chi connectivity index (χ4v) is 5.25. The van der Waals surface area contributed by atoms with Gasteiger partial charge in [-0.15, -0.1) is 0 Å². The molecular weight excluding hydrogens is 299 g/mol. The first-order valence-corrected chi connectivity index (χ1v) is 8.66. The van der Waals surface area contributed by atoms with Crippen molar-refractivity contribution < 1.29 is 4.74 Å². The van der Waals surface area contributed by atoms with Gasteiger partial charge in [0.05, 0.1) is 0 Å². The van der Waals surface area contributed by atoms with Crippen LogP contribution < -0.4 is 4.46 Å². The van der Waals surface area contributed by atoms with E-state index in [0.717, 1.165) is 6.61 Å². The van der Waals surface area contributed by atoms with E-state index in [2.05, 4.69) is 60.7 Å². The Morgan fingerprint density at radius 3 is 2.32 bits per heavy atom. The second-order valence-electron chi connectivity index (χ2n) is 4.81. The van der Waals surface area contributed by atoms with E-state index in [0.29, 0.717) is 19.8 Å². The molecule has 0 radical (unpaired) electrons. The van der Waals surface area contributed by atoms with Gasteiger partial charge in [-0.1, -0.05) is 0 Å². The normalized spacial score (nSPS) is 23.2. The molecule has 1 fully saturated rings. The summed E-state index contributed by atoms with van der Waals surface area (Å²) in [6.07, 6.45) is 2.77. The van der Waals surface area contributed by atoms with Crippen molar-refractivity contribution in [2.75, 3.05) is 6.61 Å². The second-order valence-corrected chi connectivity index (χ2v) is 7.57. The number of hydrogen-bond donors (Lipinski definition) is 0. The van der Waals surface area contributed by atoms with Crippen LogP contribution in [0, 0.1) is 0 Å². The van der Waals surface area contributed by atoms with Gasteiger partial charge in [0.1, 0.15) is 0 Å². The molecule has 19 heavy (non-hydrogen) atoms. The van der Waals surface area contributed by atoms with Gasteiger partial charge in [0, 0.05) is 0 Å². The Balaban J connectivity index is 1.78. The Bertz CT molecular complexity index is 497. The first-order valence-electron chi connectivity index (χ1n) is 6.82. The van der Waals surface area contributed by atoms with Gasteiger partial charge in [0.2, 0.25) is 0 Å². The molecule has 0 unspecified atom stereocenters. The zero-order chi connectivity index (χ0) is 12.9. The minimum absolute atomic E-state index is 0.287. The quantitative estimate of drug-likeness (QED) is 0.789. The van der Waals surface area contributed by atoms with Crippen LogP contribution in [-0.2, 0) is 4.74 Å². The van der Waals surface area contributed by atoms with Gasteiger partial charge in [0.15, 0.2) is 0 Å². The van der Waals surface area contributed by atoms with Gasteiger partial charge < -0.3 is 0 Å². The Morgan fingerprint density at radius 2 is 1.58 bits per heavy atom. The summed E-state index contributed by atoms with van der Waals surface area (Å²) in [6, 6.07) is 21.5. The molecule has 0 saturated carbocycles. The third kappa shape index (κ3) is 3.27. The second kappa shape index (κ2) is 6.38. The zero-order valence-corrected chi connectivity index (χ0v) is 12.6. The molecule has 2 atom stereocenters. The summed E-state index contributed by atoms with van der Waals surface area (Å²) in [4.78, 5) is 0.658. The fraction of sp³-hybridized carbons (Fsp3) is 0.294. The van der Waals surface area contributed by atoms with Crippen LogP contribution in [-0.4, -0.2) is 21.6 Å². The fourth-order valence-electron chi connectivity index (χ4n) is 2.50. The molecule has 2 aromatic carbocycles. The van der Waals surface area contributed by atoms with Crippen molar-refractivity contribution >= 4 is 19.4 Å². The average Bonchev–Trinajstić information content (AvgIpc) is 2.50. The number of benzene rings is 2. The first-order chi connectivity index (χ1) is 9.43. The van der Waals surface area contributed by atoms with Crippen LogP contribution in [0.1, 0.15) is 24.5 Å². The summed E-state index contributed by atoms with van der Waals surface area (Å²) in [5.74, 6) is 0. The molecule has 0 amide bonds. The van der Waals surface area contributed by atoms with Crippen molar-refractivity contribution in [3.8, 4) is 0 Å². The number of ether oxygens (including phenoxy) is 1. The monoisotopic (exact) mass is 318 g/mol. The molecule has 1 heterocycles. The molecule has 2 heteroatoms. The van der Waals surface area contributed by atoms with Crippen molar-refractivity contribution in [2.24, 2.45) is 0 Å². The van der Waals surface area contributed by atoms with Crippen molar-refractivity contribution in [1.82, 2.24) is 0 Å². The molecule has 3 rings (SSSR count). The SMILES string of the molecule is c1ccc([Se][C@@H]2CCCO[C@H]2c2ccccc2)cc1. The molecule has 1 aliphatic heterocycles. The van der Waals surface area contributed by atoms with Gasteiger partial charge in [-0.05, 0) is 0 Å². The Hall–Kier alpha value is -1.08. The summed E-state index contributed by atoms with van der Waals surface area (Å²) in [7, 11) is 0. The van der Waals surface area contributed by atoms with Crippen LogP contribution in [0.2, 0.25) is 4.82 Å². The van der Waals surface area contributed by atoms with Crippen LogP contribution in [0.5, 0.6) is 0 Å². The van der Waals surface area contributed by atoms with Crippen molar-refractivity contribution in [3.63, 3.8) is 0 Å². The van der Waals surface area contributed by atoms with Gasteiger partial charge in [0.25, 0.3) is 0 Å². The molecule has 0 N–H and O–H groups in total. The Kier molecular flexibility index (Phi) is 4.34. The molecule has 0 aliphatic carbocycles. The van der Waals surface area contributed by atoms with E-state index in [1.54, 1.807) is 0 Å². The number of rotatable bonds is 3. The van der Waals surface area contributed by atoms with Crippen molar-refractivity contribution in [3.05, 3.63) is 66.2 Å². The predicted octanol–water partition coefficient (Wildman–Crippen LogP) is 3.36. The molecule has 2 aromatic rings. The molecule has 0 spiro atoms. The van der Waals surface area contributed by atoms with Gasteiger partial charge in [-0.3, -0.25) is 0 Å². The molecule has 0 aromatic heterocycles. The summed E-state index contributed by atoms with van der Waals surface area (Å²) >= 11 is 0.488. The average molecular weight is 317 g/mol. The predicted molar refractivity (Wildman–Crippen MR) is 79.9 cm³/mol. The molecule has 1 saturated heterocycles. The van der Waals surface area contributed by atoms with Gasteiger partial charge >= 0.3 is 121 Å². The molecular formula is C17H18OSe. The summed E-state index contributed by atoms with van der Waals surface area (Å²) in [5.41, 5.74) is 1.34.